The minimum Gasteiger partial charge on any atom is -0.475 e. The molecule has 0 saturated carbocycles. The Bertz CT molecular complexity index is 686. The molecule has 0 saturated heterocycles. The number of hydrogen-bond acceptors (Lipinski definition) is 4. The molecule has 0 fully saturated rings. The number of carboxylic acid groups (broad SMARTS) is 1. The van der Waals surface area contributed by atoms with Crippen molar-refractivity contribution >= 4 is 11.9 Å². The fraction of sp³-hybridized carbons (Fsp3) is 0.357. The van der Waals surface area contributed by atoms with Gasteiger partial charge in [0.15, 0.2) is 5.69 Å². The number of aromatic amines is 1. The number of hydrogen-bond donors (Lipinski definition) is 3. The second kappa shape index (κ2) is 5.43. The van der Waals surface area contributed by atoms with Crippen molar-refractivity contribution in [3.8, 4) is 0 Å². The lowest BCUT2D eigenvalue weighted by Gasteiger charge is -2.11. The third-order valence-electron chi connectivity index (χ3n) is 3.65. The molecular weight excluding hydrogens is 274 g/mol. The van der Waals surface area contributed by atoms with Crippen LogP contribution in [0.5, 0.6) is 0 Å². The van der Waals surface area contributed by atoms with Crippen molar-refractivity contribution in [1.82, 2.24) is 15.5 Å². The fourth-order valence-corrected chi connectivity index (χ4v) is 2.59. The van der Waals surface area contributed by atoms with E-state index in [0.717, 1.165) is 36.9 Å². The van der Waals surface area contributed by atoms with Gasteiger partial charge in [0.05, 0.1) is 6.26 Å². The highest BCUT2D eigenvalue weighted by atomic mass is 16.4. The van der Waals surface area contributed by atoms with E-state index in [-0.39, 0.29) is 18.2 Å². The Balaban J connectivity index is 1.71. The number of carbonyl (C=O) groups excluding carboxylic acids is 1. The molecule has 21 heavy (non-hydrogen) atoms. The highest BCUT2D eigenvalue weighted by Crippen LogP contribution is 2.22. The van der Waals surface area contributed by atoms with Gasteiger partial charge in [-0.3, -0.25) is 9.89 Å². The molecule has 0 aliphatic heterocycles. The van der Waals surface area contributed by atoms with E-state index in [0.29, 0.717) is 11.3 Å². The maximum absolute atomic E-state index is 12.2. The van der Waals surface area contributed by atoms with Crippen molar-refractivity contribution in [3.63, 3.8) is 0 Å². The average Bonchev–Trinajstić information content (AvgIpc) is 3.11. The van der Waals surface area contributed by atoms with Gasteiger partial charge in [-0.2, -0.15) is 5.10 Å². The van der Waals surface area contributed by atoms with Crippen molar-refractivity contribution < 1.29 is 19.1 Å². The van der Waals surface area contributed by atoms with Crippen LogP contribution in [0.15, 0.2) is 16.7 Å². The lowest BCUT2D eigenvalue weighted by atomic mass is 9.96. The van der Waals surface area contributed by atoms with Crippen molar-refractivity contribution in [2.75, 3.05) is 0 Å². The van der Waals surface area contributed by atoms with Gasteiger partial charge >= 0.3 is 5.97 Å². The predicted octanol–water partition coefficient (Wildman–Crippen LogP) is 1.51. The Kier molecular flexibility index (Phi) is 3.47. The summed E-state index contributed by atoms with van der Waals surface area (Å²) in [6.07, 6.45) is 5.22. The van der Waals surface area contributed by atoms with Crippen molar-refractivity contribution in [3.05, 3.63) is 40.6 Å². The first kappa shape index (κ1) is 13.4. The topological polar surface area (TPSA) is 108 Å². The molecule has 0 aromatic carbocycles. The Morgan fingerprint density at radius 1 is 1.38 bits per heavy atom. The fourth-order valence-electron chi connectivity index (χ4n) is 2.59. The summed E-state index contributed by atoms with van der Waals surface area (Å²) in [5.41, 5.74) is 2.84. The van der Waals surface area contributed by atoms with E-state index < -0.39 is 5.97 Å². The standard InChI is InChI=1S/C14H15N3O4/c18-13(11-9-3-1-2-4-10(9)16-17-11)15-7-8-5-6-21-12(8)14(19)20/h5-6H,1-4,7H2,(H,15,18)(H,16,17)(H,19,20). The molecule has 0 unspecified atom stereocenters. The number of furan rings is 1. The minimum absolute atomic E-state index is 0.0958. The number of nitrogens with one attached hydrogen (secondary N) is 2. The summed E-state index contributed by atoms with van der Waals surface area (Å²) >= 11 is 0. The van der Waals surface area contributed by atoms with Gasteiger partial charge in [-0.1, -0.05) is 0 Å². The molecule has 2 aromatic heterocycles. The van der Waals surface area contributed by atoms with Gasteiger partial charge in [0.25, 0.3) is 5.91 Å². The molecule has 7 nitrogen and oxygen atoms in total. The molecule has 0 bridgehead atoms. The largest absolute Gasteiger partial charge is 0.475 e. The first-order valence-corrected chi connectivity index (χ1v) is 6.81. The number of fused-ring (bicyclic) bond motifs is 1. The highest BCUT2D eigenvalue weighted by Gasteiger charge is 2.22. The average molecular weight is 289 g/mol. The van der Waals surface area contributed by atoms with Crippen LogP contribution in [0.25, 0.3) is 0 Å². The van der Waals surface area contributed by atoms with Crippen LogP contribution in [-0.2, 0) is 19.4 Å². The van der Waals surface area contributed by atoms with Crippen molar-refractivity contribution in [1.29, 1.82) is 0 Å². The SMILES string of the molecule is O=C(NCc1ccoc1C(=O)O)c1n[nH]c2c1CCCC2. The first-order chi connectivity index (χ1) is 10.2. The Morgan fingerprint density at radius 2 is 2.19 bits per heavy atom. The summed E-state index contributed by atoms with van der Waals surface area (Å²) < 4.78 is 4.87. The lowest BCUT2D eigenvalue weighted by molar-refractivity contribution is 0.0659. The summed E-state index contributed by atoms with van der Waals surface area (Å²) in [5.74, 6) is -1.60. The number of aryl methyl sites for hydroxylation is 1. The predicted molar refractivity (Wildman–Crippen MR) is 72.1 cm³/mol. The van der Waals surface area contributed by atoms with E-state index in [2.05, 4.69) is 15.5 Å². The zero-order valence-electron chi connectivity index (χ0n) is 11.3. The van der Waals surface area contributed by atoms with Gasteiger partial charge in [-0.05, 0) is 31.7 Å². The summed E-state index contributed by atoms with van der Waals surface area (Å²) in [6, 6.07) is 1.53. The summed E-state index contributed by atoms with van der Waals surface area (Å²) in [7, 11) is 0. The highest BCUT2D eigenvalue weighted by molar-refractivity contribution is 5.94. The number of rotatable bonds is 4. The van der Waals surface area contributed by atoms with E-state index >= 15 is 0 Å². The van der Waals surface area contributed by atoms with Crippen LogP contribution in [0.1, 0.15) is 50.7 Å². The molecule has 2 aromatic rings. The first-order valence-electron chi connectivity index (χ1n) is 6.81. The third kappa shape index (κ3) is 2.54. The molecule has 1 amide bonds. The van der Waals surface area contributed by atoms with Gasteiger partial charge in [0.2, 0.25) is 5.76 Å². The summed E-state index contributed by atoms with van der Waals surface area (Å²) in [5, 5.41) is 18.6. The molecular formula is C14H15N3O4. The molecule has 7 heteroatoms. The van der Waals surface area contributed by atoms with E-state index in [4.69, 9.17) is 9.52 Å². The van der Waals surface area contributed by atoms with E-state index in [1.54, 1.807) is 0 Å². The van der Waals surface area contributed by atoms with Crippen LogP contribution in [0, 0.1) is 0 Å². The zero-order valence-corrected chi connectivity index (χ0v) is 11.3. The number of aromatic nitrogens is 2. The maximum Gasteiger partial charge on any atom is 0.372 e. The van der Waals surface area contributed by atoms with E-state index in [9.17, 15) is 9.59 Å². The van der Waals surface area contributed by atoms with Gasteiger partial charge in [-0.15, -0.1) is 0 Å². The van der Waals surface area contributed by atoms with Crippen molar-refractivity contribution in [2.45, 2.75) is 32.2 Å². The minimum atomic E-state index is -1.15. The number of H-pyrrole nitrogens is 1. The zero-order chi connectivity index (χ0) is 14.8. The van der Waals surface area contributed by atoms with Gasteiger partial charge in [0, 0.05) is 23.4 Å². The Labute approximate surface area is 120 Å². The van der Waals surface area contributed by atoms with Gasteiger partial charge < -0.3 is 14.8 Å². The van der Waals surface area contributed by atoms with Crippen LogP contribution in [-0.4, -0.2) is 27.2 Å². The molecule has 0 radical (unpaired) electrons. The summed E-state index contributed by atoms with van der Waals surface area (Å²) in [4.78, 5) is 23.1. The smallest absolute Gasteiger partial charge is 0.372 e. The number of nitrogens with zero attached hydrogens (tertiary/aromatic N) is 1. The lowest BCUT2D eigenvalue weighted by Crippen LogP contribution is -2.25. The molecule has 3 rings (SSSR count). The molecule has 2 heterocycles. The quantitative estimate of drug-likeness (QED) is 0.790. The van der Waals surface area contributed by atoms with Gasteiger partial charge in [0.1, 0.15) is 0 Å². The van der Waals surface area contributed by atoms with Crippen LogP contribution < -0.4 is 5.32 Å². The third-order valence-corrected chi connectivity index (χ3v) is 3.65. The number of aromatic carboxylic acids is 1. The second-order valence-electron chi connectivity index (χ2n) is 5.00. The van der Waals surface area contributed by atoms with Crippen LogP contribution in [0.4, 0.5) is 0 Å². The second-order valence-corrected chi connectivity index (χ2v) is 5.00. The number of amides is 1. The Hall–Kier alpha value is -2.57. The van der Waals surface area contributed by atoms with E-state index in [1.165, 1.54) is 12.3 Å². The van der Waals surface area contributed by atoms with Crippen LogP contribution in [0.2, 0.25) is 0 Å². The van der Waals surface area contributed by atoms with Crippen LogP contribution in [0.3, 0.4) is 0 Å². The van der Waals surface area contributed by atoms with E-state index in [1.807, 2.05) is 0 Å². The number of carboxylic acids is 1. The Morgan fingerprint density at radius 3 is 3.00 bits per heavy atom. The monoisotopic (exact) mass is 289 g/mol. The van der Waals surface area contributed by atoms with Gasteiger partial charge in [-0.25, -0.2) is 4.79 Å². The molecule has 3 N–H and O–H groups in total. The molecule has 0 atom stereocenters. The molecule has 1 aliphatic rings. The number of carbonyl (C=O) groups is 2. The summed E-state index contributed by atoms with van der Waals surface area (Å²) in [6.45, 7) is 0.0958. The maximum atomic E-state index is 12.2. The van der Waals surface area contributed by atoms with Crippen LogP contribution >= 0.6 is 0 Å². The normalized spacial score (nSPS) is 13.7. The molecule has 110 valence electrons. The van der Waals surface area contributed by atoms with Crippen molar-refractivity contribution in [2.24, 2.45) is 0 Å². The molecule has 1 aliphatic carbocycles. The molecule has 0 spiro atoms.